The SMILES string of the molecule is CC1C[C@H]2CN(C(=O)OC(C)(C)C)C[C@@]2(N)C1. The van der Waals surface area contributed by atoms with Gasteiger partial charge in [0.15, 0.2) is 0 Å². The highest BCUT2D eigenvalue weighted by atomic mass is 16.6. The number of hydrogen-bond acceptors (Lipinski definition) is 3. The molecule has 2 N–H and O–H groups in total. The molecule has 17 heavy (non-hydrogen) atoms. The lowest BCUT2D eigenvalue weighted by Gasteiger charge is -2.26. The second kappa shape index (κ2) is 3.87. The molecule has 1 saturated carbocycles. The zero-order chi connectivity index (χ0) is 12.8. The molecule has 1 aliphatic heterocycles. The Hall–Kier alpha value is -0.770. The van der Waals surface area contributed by atoms with Crippen molar-refractivity contribution in [1.29, 1.82) is 0 Å². The molecule has 2 fully saturated rings. The molecule has 2 aliphatic rings. The third-order valence-corrected chi connectivity index (χ3v) is 3.81. The van der Waals surface area contributed by atoms with Crippen molar-refractivity contribution in [2.24, 2.45) is 17.6 Å². The van der Waals surface area contributed by atoms with Crippen molar-refractivity contribution in [3.05, 3.63) is 0 Å². The molecule has 0 bridgehead atoms. The number of likely N-dealkylation sites (tertiary alicyclic amines) is 1. The van der Waals surface area contributed by atoms with Crippen LogP contribution in [0.15, 0.2) is 0 Å². The van der Waals surface area contributed by atoms with Crippen molar-refractivity contribution in [3.63, 3.8) is 0 Å². The van der Waals surface area contributed by atoms with E-state index in [1.807, 2.05) is 20.8 Å². The third-order valence-electron chi connectivity index (χ3n) is 3.81. The molecule has 4 heteroatoms. The number of ether oxygens (including phenoxy) is 1. The standard InChI is InChI=1S/C13H24N2O2/c1-9-5-10-7-15(8-13(10,14)6-9)11(16)17-12(2,3)4/h9-10H,5-8,14H2,1-4H3/t9?,10-,13-/m0/s1. The van der Waals surface area contributed by atoms with Crippen LogP contribution in [0, 0.1) is 11.8 Å². The van der Waals surface area contributed by atoms with E-state index >= 15 is 0 Å². The highest BCUT2D eigenvalue weighted by molar-refractivity contribution is 5.69. The van der Waals surface area contributed by atoms with E-state index in [0.717, 1.165) is 19.4 Å². The Kier molecular flexibility index (Phi) is 2.89. The van der Waals surface area contributed by atoms with E-state index in [2.05, 4.69) is 6.92 Å². The Morgan fingerprint density at radius 2 is 2.12 bits per heavy atom. The largest absolute Gasteiger partial charge is 0.444 e. The molecule has 2 rings (SSSR count). The average molecular weight is 240 g/mol. The first-order valence-electron chi connectivity index (χ1n) is 6.46. The lowest BCUT2D eigenvalue weighted by Crippen LogP contribution is -2.45. The Bertz CT molecular complexity index is 324. The molecule has 1 heterocycles. The topological polar surface area (TPSA) is 55.6 Å². The van der Waals surface area contributed by atoms with Gasteiger partial charge in [-0.1, -0.05) is 6.92 Å². The molecule has 0 spiro atoms. The second-order valence-electron chi connectivity index (χ2n) is 6.84. The first kappa shape index (κ1) is 12.7. The Morgan fingerprint density at radius 3 is 2.65 bits per heavy atom. The maximum Gasteiger partial charge on any atom is 0.410 e. The Morgan fingerprint density at radius 1 is 1.47 bits per heavy atom. The summed E-state index contributed by atoms with van der Waals surface area (Å²) in [6.07, 6.45) is 1.94. The van der Waals surface area contributed by atoms with E-state index in [-0.39, 0.29) is 11.6 Å². The number of carbonyl (C=O) groups is 1. The highest BCUT2D eigenvalue weighted by Gasteiger charge is 2.51. The maximum absolute atomic E-state index is 12.0. The van der Waals surface area contributed by atoms with Crippen molar-refractivity contribution in [2.75, 3.05) is 13.1 Å². The minimum atomic E-state index is -0.427. The summed E-state index contributed by atoms with van der Waals surface area (Å²) in [5.74, 6) is 1.14. The van der Waals surface area contributed by atoms with Crippen LogP contribution in [0.5, 0.6) is 0 Å². The molecular formula is C13H24N2O2. The molecule has 1 aliphatic carbocycles. The number of nitrogens with two attached hydrogens (primary N) is 1. The summed E-state index contributed by atoms with van der Waals surface area (Å²) in [6, 6.07) is 0. The molecular weight excluding hydrogens is 216 g/mol. The van der Waals surface area contributed by atoms with Crippen LogP contribution in [0.2, 0.25) is 0 Å². The highest BCUT2D eigenvalue weighted by Crippen LogP contribution is 2.43. The van der Waals surface area contributed by atoms with Gasteiger partial charge in [-0.25, -0.2) is 4.79 Å². The smallest absolute Gasteiger partial charge is 0.410 e. The molecule has 98 valence electrons. The predicted molar refractivity (Wildman–Crippen MR) is 66.6 cm³/mol. The summed E-state index contributed by atoms with van der Waals surface area (Å²) < 4.78 is 5.39. The molecule has 0 aromatic carbocycles. The molecule has 0 radical (unpaired) electrons. The van der Waals surface area contributed by atoms with E-state index in [1.165, 1.54) is 0 Å². The summed E-state index contributed by atoms with van der Waals surface area (Å²) >= 11 is 0. The molecule has 0 aromatic heterocycles. The zero-order valence-electron chi connectivity index (χ0n) is 11.3. The summed E-state index contributed by atoms with van der Waals surface area (Å²) in [7, 11) is 0. The van der Waals surface area contributed by atoms with Crippen molar-refractivity contribution in [1.82, 2.24) is 4.90 Å². The summed E-state index contributed by atoms with van der Waals surface area (Å²) in [6.45, 7) is 9.32. The quantitative estimate of drug-likeness (QED) is 0.704. The Balaban J connectivity index is 1.98. The van der Waals surface area contributed by atoms with Gasteiger partial charge in [0.1, 0.15) is 5.60 Å². The van der Waals surface area contributed by atoms with Gasteiger partial charge in [-0.3, -0.25) is 0 Å². The van der Waals surface area contributed by atoms with Crippen LogP contribution in [0.3, 0.4) is 0 Å². The van der Waals surface area contributed by atoms with Gasteiger partial charge in [-0.2, -0.15) is 0 Å². The van der Waals surface area contributed by atoms with E-state index in [9.17, 15) is 4.79 Å². The lowest BCUT2D eigenvalue weighted by atomic mass is 9.92. The van der Waals surface area contributed by atoms with E-state index < -0.39 is 5.60 Å². The summed E-state index contributed by atoms with van der Waals surface area (Å²) in [5, 5.41) is 0. The lowest BCUT2D eigenvalue weighted by molar-refractivity contribution is 0.0275. The van der Waals surface area contributed by atoms with E-state index in [0.29, 0.717) is 18.4 Å². The summed E-state index contributed by atoms with van der Waals surface area (Å²) in [4.78, 5) is 13.7. The number of rotatable bonds is 0. The molecule has 0 aromatic rings. The number of amides is 1. The first-order chi connectivity index (χ1) is 7.70. The number of fused-ring (bicyclic) bond motifs is 1. The maximum atomic E-state index is 12.0. The second-order valence-corrected chi connectivity index (χ2v) is 6.84. The molecule has 4 nitrogen and oxygen atoms in total. The van der Waals surface area contributed by atoms with Gasteiger partial charge in [0, 0.05) is 18.6 Å². The van der Waals surface area contributed by atoms with Gasteiger partial charge < -0.3 is 15.4 Å². The van der Waals surface area contributed by atoms with Crippen LogP contribution in [-0.4, -0.2) is 35.2 Å². The minimum absolute atomic E-state index is 0.170. The molecule has 1 saturated heterocycles. The van der Waals surface area contributed by atoms with Gasteiger partial charge in [-0.05, 0) is 45.4 Å². The molecule has 3 atom stereocenters. The van der Waals surface area contributed by atoms with Gasteiger partial charge in [-0.15, -0.1) is 0 Å². The average Bonchev–Trinajstić information content (AvgIpc) is 2.51. The van der Waals surface area contributed by atoms with Crippen molar-refractivity contribution >= 4 is 6.09 Å². The van der Waals surface area contributed by atoms with Crippen LogP contribution >= 0.6 is 0 Å². The molecule has 1 unspecified atom stereocenters. The van der Waals surface area contributed by atoms with E-state index in [4.69, 9.17) is 10.5 Å². The van der Waals surface area contributed by atoms with Crippen LogP contribution in [0.1, 0.15) is 40.5 Å². The van der Waals surface area contributed by atoms with Crippen LogP contribution in [-0.2, 0) is 4.74 Å². The van der Waals surface area contributed by atoms with Crippen LogP contribution in [0.4, 0.5) is 4.79 Å². The normalized spacial score (nSPS) is 37.1. The number of carbonyl (C=O) groups excluding carboxylic acids is 1. The van der Waals surface area contributed by atoms with Gasteiger partial charge >= 0.3 is 6.09 Å². The first-order valence-corrected chi connectivity index (χ1v) is 6.46. The minimum Gasteiger partial charge on any atom is -0.444 e. The predicted octanol–water partition coefficient (Wildman–Crippen LogP) is 1.98. The monoisotopic (exact) mass is 240 g/mol. The van der Waals surface area contributed by atoms with Crippen molar-refractivity contribution < 1.29 is 9.53 Å². The van der Waals surface area contributed by atoms with Crippen LogP contribution in [0.25, 0.3) is 0 Å². The molecule has 1 amide bonds. The zero-order valence-corrected chi connectivity index (χ0v) is 11.3. The summed E-state index contributed by atoms with van der Waals surface area (Å²) in [5.41, 5.74) is 5.80. The fraction of sp³-hybridized carbons (Fsp3) is 0.923. The van der Waals surface area contributed by atoms with Crippen LogP contribution < -0.4 is 5.73 Å². The Labute approximate surface area is 103 Å². The fourth-order valence-electron chi connectivity index (χ4n) is 3.22. The van der Waals surface area contributed by atoms with Crippen molar-refractivity contribution in [3.8, 4) is 0 Å². The van der Waals surface area contributed by atoms with Gasteiger partial charge in [0.25, 0.3) is 0 Å². The number of nitrogens with zero attached hydrogens (tertiary/aromatic N) is 1. The van der Waals surface area contributed by atoms with Gasteiger partial charge in [0.05, 0.1) is 0 Å². The van der Waals surface area contributed by atoms with Gasteiger partial charge in [0.2, 0.25) is 0 Å². The fourth-order valence-corrected chi connectivity index (χ4v) is 3.22. The van der Waals surface area contributed by atoms with Crippen molar-refractivity contribution in [2.45, 2.75) is 51.7 Å². The number of hydrogen-bond donors (Lipinski definition) is 1. The third kappa shape index (κ3) is 2.57. The van der Waals surface area contributed by atoms with E-state index in [1.54, 1.807) is 4.90 Å².